The van der Waals surface area contributed by atoms with Crippen LogP contribution in [0.15, 0.2) is 11.0 Å². The molecule has 0 aliphatic heterocycles. The molecule has 1 rings (SSSR count). The largest absolute Gasteiger partial charge is 0.363 e. The normalized spacial score (nSPS) is 9.25. The number of H-pyrrole nitrogens is 1. The van der Waals surface area contributed by atoms with Gasteiger partial charge in [0.25, 0.3) is 0 Å². The van der Waals surface area contributed by atoms with Crippen LogP contribution in [0.25, 0.3) is 0 Å². The van der Waals surface area contributed by atoms with Crippen molar-refractivity contribution in [1.82, 2.24) is 4.98 Å². The van der Waals surface area contributed by atoms with Crippen LogP contribution >= 0.6 is 12.4 Å². The minimum atomic E-state index is 0. The number of aryl methyl sites for hydroxylation is 1. The first kappa shape index (κ1) is 11.2. The van der Waals surface area contributed by atoms with Gasteiger partial charge in [-0.15, -0.1) is 12.4 Å². The number of hydrogen-bond acceptors (Lipinski definition) is 2. The molecule has 0 aliphatic carbocycles. The Labute approximate surface area is 77.4 Å². The number of aromatic nitrogens is 1. The molecule has 0 spiro atoms. The summed E-state index contributed by atoms with van der Waals surface area (Å²) in [6.07, 6.45) is 1.69. The molecule has 0 fully saturated rings. The van der Waals surface area contributed by atoms with Crippen molar-refractivity contribution >= 4 is 12.4 Å². The molecule has 4 heteroatoms. The third-order valence-electron chi connectivity index (χ3n) is 1.82. The fraction of sp³-hybridized carbons (Fsp3) is 0.375. The SMILES string of the molecule is Cc1c[nH]c(CN)c(C)c1=O.Cl. The molecule has 0 saturated heterocycles. The first-order valence-corrected chi connectivity index (χ1v) is 3.54. The van der Waals surface area contributed by atoms with E-state index in [1.54, 1.807) is 20.0 Å². The summed E-state index contributed by atoms with van der Waals surface area (Å²) in [6.45, 7) is 3.96. The number of rotatable bonds is 1. The molecule has 0 radical (unpaired) electrons. The molecule has 0 saturated carbocycles. The Morgan fingerprint density at radius 2 is 2.08 bits per heavy atom. The van der Waals surface area contributed by atoms with Gasteiger partial charge in [0, 0.05) is 29.6 Å². The number of nitrogens with two attached hydrogens (primary N) is 1. The molecule has 3 N–H and O–H groups in total. The van der Waals surface area contributed by atoms with Crippen LogP contribution in [-0.4, -0.2) is 4.98 Å². The average molecular weight is 189 g/mol. The van der Waals surface area contributed by atoms with E-state index in [1.165, 1.54) is 0 Å². The van der Waals surface area contributed by atoms with E-state index in [-0.39, 0.29) is 17.8 Å². The van der Waals surface area contributed by atoms with Crippen LogP contribution in [-0.2, 0) is 6.54 Å². The van der Waals surface area contributed by atoms with Crippen LogP contribution in [0.3, 0.4) is 0 Å². The summed E-state index contributed by atoms with van der Waals surface area (Å²) in [5, 5.41) is 0. The summed E-state index contributed by atoms with van der Waals surface area (Å²) in [7, 11) is 0. The molecular formula is C8H13ClN2O. The van der Waals surface area contributed by atoms with Gasteiger partial charge >= 0.3 is 0 Å². The lowest BCUT2D eigenvalue weighted by atomic mass is 10.1. The van der Waals surface area contributed by atoms with E-state index < -0.39 is 0 Å². The molecule has 0 unspecified atom stereocenters. The molecule has 68 valence electrons. The molecule has 0 amide bonds. The molecule has 0 aliphatic rings. The van der Waals surface area contributed by atoms with Crippen molar-refractivity contribution in [2.24, 2.45) is 5.73 Å². The summed E-state index contributed by atoms with van der Waals surface area (Å²) >= 11 is 0. The Bertz CT molecular complexity index is 319. The van der Waals surface area contributed by atoms with Gasteiger partial charge in [-0.1, -0.05) is 0 Å². The molecule has 0 aromatic carbocycles. The van der Waals surface area contributed by atoms with E-state index in [0.717, 1.165) is 16.8 Å². The van der Waals surface area contributed by atoms with E-state index in [0.29, 0.717) is 6.54 Å². The summed E-state index contributed by atoms with van der Waals surface area (Å²) in [6, 6.07) is 0. The van der Waals surface area contributed by atoms with Crippen LogP contribution in [0, 0.1) is 13.8 Å². The highest BCUT2D eigenvalue weighted by Crippen LogP contribution is 1.98. The zero-order chi connectivity index (χ0) is 8.43. The maximum atomic E-state index is 11.3. The second-order valence-corrected chi connectivity index (χ2v) is 2.61. The van der Waals surface area contributed by atoms with E-state index in [2.05, 4.69) is 4.98 Å². The van der Waals surface area contributed by atoms with Crippen molar-refractivity contribution in [2.45, 2.75) is 20.4 Å². The maximum Gasteiger partial charge on any atom is 0.187 e. The van der Waals surface area contributed by atoms with E-state index in [9.17, 15) is 4.79 Å². The number of nitrogens with one attached hydrogen (secondary N) is 1. The highest BCUT2D eigenvalue weighted by atomic mass is 35.5. The Morgan fingerprint density at radius 1 is 1.50 bits per heavy atom. The van der Waals surface area contributed by atoms with Crippen LogP contribution < -0.4 is 11.2 Å². The molecule has 1 heterocycles. The summed E-state index contributed by atoms with van der Waals surface area (Å²) < 4.78 is 0. The topological polar surface area (TPSA) is 58.9 Å². The van der Waals surface area contributed by atoms with E-state index in [1.807, 2.05) is 0 Å². The number of aromatic amines is 1. The van der Waals surface area contributed by atoms with Crippen LogP contribution in [0.1, 0.15) is 16.8 Å². The molecule has 0 bridgehead atoms. The Morgan fingerprint density at radius 3 is 2.58 bits per heavy atom. The summed E-state index contributed by atoms with van der Waals surface area (Å²) in [4.78, 5) is 14.2. The standard InChI is InChI=1S/C8H12N2O.ClH/c1-5-4-10-7(3-9)6(2)8(5)11;/h4H,3,9H2,1-2H3,(H,10,11);1H. The maximum absolute atomic E-state index is 11.3. The predicted octanol–water partition coefficient (Wildman–Crippen LogP) is 0.872. The molecule has 1 aromatic rings. The Balaban J connectivity index is 0.00000121. The highest BCUT2D eigenvalue weighted by Gasteiger charge is 2.01. The first-order valence-electron chi connectivity index (χ1n) is 3.54. The Hall–Kier alpha value is -0.800. The van der Waals surface area contributed by atoms with Crippen LogP contribution in [0.5, 0.6) is 0 Å². The monoisotopic (exact) mass is 188 g/mol. The van der Waals surface area contributed by atoms with Gasteiger partial charge in [-0.2, -0.15) is 0 Å². The minimum absolute atomic E-state index is 0. The van der Waals surface area contributed by atoms with Gasteiger partial charge in [0.2, 0.25) is 0 Å². The average Bonchev–Trinajstić information content (AvgIpc) is 2.01. The number of pyridine rings is 1. The zero-order valence-electron chi connectivity index (χ0n) is 7.18. The molecular weight excluding hydrogens is 176 g/mol. The smallest absolute Gasteiger partial charge is 0.187 e. The van der Waals surface area contributed by atoms with Gasteiger partial charge in [0.05, 0.1) is 0 Å². The lowest BCUT2D eigenvalue weighted by Crippen LogP contribution is -2.15. The zero-order valence-corrected chi connectivity index (χ0v) is 7.99. The molecule has 12 heavy (non-hydrogen) atoms. The summed E-state index contributed by atoms with van der Waals surface area (Å²) in [5.74, 6) is 0. The van der Waals surface area contributed by atoms with Crippen molar-refractivity contribution in [2.75, 3.05) is 0 Å². The second kappa shape index (κ2) is 4.28. The first-order chi connectivity index (χ1) is 5.16. The van der Waals surface area contributed by atoms with Crippen molar-refractivity contribution in [3.8, 4) is 0 Å². The molecule has 0 atom stereocenters. The van der Waals surface area contributed by atoms with Gasteiger partial charge in [-0.05, 0) is 13.8 Å². The lowest BCUT2D eigenvalue weighted by molar-refractivity contribution is 0.952. The van der Waals surface area contributed by atoms with Crippen LogP contribution in [0.2, 0.25) is 0 Å². The third kappa shape index (κ3) is 1.87. The summed E-state index contributed by atoms with van der Waals surface area (Å²) in [5.41, 5.74) is 7.77. The Kier molecular flexibility index (Phi) is 4.00. The van der Waals surface area contributed by atoms with Crippen molar-refractivity contribution in [1.29, 1.82) is 0 Å². The number of halogens is 1. The van der Waals surface area contributed by atoms with Crippen molar-refractivity contribution in [3.05, 3.63) is 33.2 Å². The molecule has 1 aromatic heterocycles. The third-order valence-corrected chi connectivity index (χ3v) is 1.82. The van der Waals surface area contributed by atoms with Gasteiger partial charge in [-0.3, -0.25) is 4.79 Å². The predicted molar refractivity (Wildman–Crippen MR) is 51.7 cm³/mol. The van der Waals surface area contributed by atoms with Gasteiger partial charge in [-0.25, -0.2) is 0 Å². The fourth-order valence-corrected chi connectivity index (χ4v) is 1.01. The minimum Gasteiger partial charge on any atom is -0.363 e. The quantitative estimate of drug-likeness (QED) is 0.687. The second-order valence-electron chi connectivity index (χ2n) is 2.61. The van der Waals surface area contributed by atoms with E-state index in [4.69, 9.17) is 5.73 Å². The highest BCUT2D eigenvalue weighted by molar-refractivity contribution is 5.85. The van der Waals surface area contributed by atoms with Gasteiger partial charge < -0.3 is 10.7 Å². The van der Waals surface area contributed by atoms with Crippen molar-refractivity contribution in [3.63, 3.8) is 0 Å². The van der Waals surface area contributed by atoms with E-state index >= 15 is 0 Å². The lowest BCUT2D eigenvalue weighted by Gasteiger charge is -2.02. The van der Waals surface area contributed by atoms with Gasteiger partial charge in [0.15, 0.2) is 5.43 Å². The van der Waals surface area contributed by atoms with Gasteiger partial charge in [0.1, 0.15) is 0 Å². The van der Waals surface area contributed by atoms with Crippen LogP contribution in [0.4, 0.5) is 0 Å². The molecule has 3 nitrogen and oxygen atoms in total. The fourth-order valence-electron chi connectivity index (χ4n) is 1.01. The number of hydrogen-bond donors (Lipinski definition) is 2. The van der Waals surface area contributed by atoms with Crippen molar-refractivity contribution < 1.29 is 0 Å².